The van der Waals surface area contributed by atoms with Crippen molar-refractivity contribution in [3.8, 4) is 0 Å². The van der Waals surface area contributed by atoms with E-state index in [0.29, 0.717) is 17.9 Å². The number of amides is 1. The first-order chi connectivity index (χ1) is 8.37. The van der Waals surface area contributed by atoms with Gasteiger partial charge in [0.25, 0.3) is 0 Å². The molecule has 1 unspecified atom stereocenters. The summed E-state index contributed by atoms with van der Waals surface area (Å²) in [5.74, 6) is 0.750. The molecule has 1 amide bonds. The minimum absolute atomic E-state index is 0.0626. The van der Waals surface area contributed by atoms with Crippen LogP contribution in [0.5, 0.6) is 0 Å². The molecule has 1 aliphatic rings. The average Bonchev–Trinajstić information content (AvgIpc) is 2.83. The lowest BCUT2D eigenvalue weighted by atomic mass is 10.2. The fraction of sp³-hybridized carbons (Fsp3) is 0.636. The van der Waals surface area contributed by atoms with Crippen molar-refractivity contribution < 1.29 is 17.7 Å². The van der Waals surface area contributed by atoms with E-state index in [1.54, 1.807) is 20.0 Å². The maximum atomic E-state index is 12.0. The second-order valence-electron chi connectivity index (χ2n) is 4.67. The number of likely N-dealkylation sites (N-methyl/N-ethyl adjacent to an activating group) is 1. The zero-order chi connectivity index (χ0) is 13.3. The summed E-state index contributed by atoms with van der Waals surface area (Å²) in [7, 11) is -1.33. The van der Waals surface area contributed by atoms with Gasteiger partial charge in [-0.25, -0.2) is 8.42 Å². The number of rotatable bonds is 3. The lowest BCUT2D eigenvalue weighted by Crippen LogP contribution is -2.38. The van der Waals surface area contributed by atoms with Crippen molar-refractivity contribution in [2.45, 2.75) is 25.8 Å². The van der Waals surface area contributed by atoms with E-state index >= 15 is 0 Å². The van der Waals surface area contributed by atoms with Crippen LogP contribution in [0, 0.1) is 6.92 Å². The first kappa shape index (κ1) is 13.1. The topological polar surface area (TPSA) is 80.5 Å². The lowest BCUT2D eigenvalue weighted by Gasteiger charge is -2.22. The molecule has 1 aromatic rings. The highest BCUT2D eigenvalue weighted by Crippen LogP contribution is 2.17. The van der Waals surface area contributed by atoms with Crippen molar-refractivity contribution in [2.24, 2.45) is 0 Å². The molecule has 1 fully saturated rings. The maximum absolute atomic E-state index is 12.0. The van der Waals surface area contributed by atoms with Crippen molar-refractivity contribution in [1.82, 2.24) is 10.1 Å². The Bertz CT molecular complexity index is 549. The van der Waals surface area contributed by atoms with Gasteiger partial charge in [-0.3, -0.25) is 4.79 Å². The van der Waals surface area contributed by atoms with Crippen LogP contribution in [0.15, 0.2) is 10.6 Å². The van der Waals surface area contributed by atoms with E-state index in [1.165, 1.54) is 4.90 Å². The molecule has 18 heavy (non-hydrogen) atoms. The first-order valence-corrected chi connectivity index (χ1v) is 7.58. The number of hydrogen-bond donors (Lipinski definition) is 0. The van der Waals surface area contributed by atoms with Crippen LogP contribution in [0.2, 0.25) is 0 Å². The zero-order valence-corrected chi connectivity index (χ0v) is 11.2. The minimum Gasteiger partial charge on any atom is -0.361 e. The second-order valence-corrected chi connectivity index (χ2v) is 6.90. The number of nitrogens with zero attached hydrogens (tertiary/aromatic N) is 2. The van der Waals surface area contributed by atoms with Gasteiger partial charge in [0.2, 0.25) is 5.91 Å². The molecule has 1 saturated heterocycles. The predicted octanol–water partition coefficient (Wildman–Crippen LogP) is 0.171. The molecular formula is C11H16N2O4S. The molecule has 2 heterocycles. The number of carbonyl (C=O) groups excluding carboxylic acids is 1. The van der Waals surface area contributed by atoms with Crippen LogP contribution in [-0.2, 0) is 21.1 Å². The highest BCUT2D eigenvalue weighted by molar-refractivity contribution is 7.91. The molecule has 0 radical (unpaired) electrons. The van der Waals surface area contributed by atoms with Gasteiger partial charge in [0.1, 0.15) is 5.76 Å². The third-order valence-corrected chi connectivity index (χ3v) is 4.91. The monoisotopic (exact) mass is 272 g/mol. The van der Waals surface area contributed by atoms with Gasteiger partial charge in [0.15, 0.2) is 9.84 Å². The standard InChI is InChI=1S/C11H16N2O4S/c1-8-5-9(12-17-8)6-11(14)13(2)10-3-4-18(15,16)7-10/h5,10H,3-4,6-7H2,1-2H3. The quantitative estimate of drug-likeness (QED) is 0.783. The highest BCUT2D eigenvalue weighted by atomic mass is 32.2. The van der Waals surface area contributed by atoms with Crippen molar-refractivity contribution in [3.63, 3.8) is 0 Å². The number of aryl methyl sites for hydroxylation is 1. The van der Waals surface area contributed by atoms with E-state index in [4.69, 9.17) is 4.52 Å². The molecule has 2 rings (SSSR count). The summed E-state index contributed by atoms with van der Waals surface area (Å²) in [6, 6.07) is 1.49. The molecule has 6 nitrogen and oxygen atoms in total. The van der Waals surface area contributed by atoms with Gasteiger partial charge < -0.3 is 9.42 Å². The third kappa shape index (κ3) is 2.90. The summed E-state index contributed by atoms with van der Waals surface area (Å²) in [6.07, 6.45) is 0.660. The van der Waals surface area contributed by atoms with Gasteiger partial charge in [0, 0.05) is 19.2 Å². The molecule has 0 spiro atoms. The lowest BCUT2D eigenvalue weighted by molar-refractivity contribution is -0.130. The minimum atomic E-state index is -2.97. The molecule has 1 aliphatic heterocycles. The van der Waals surface area contributed by atoms with E-state index in [1.807, 2.05) is 0 Å². The molecule has 7 heteroatoms. The average molecular weight is 272 g/mol. The third-order valence-electron chi connectivity index (χ3n) is 3.16. The maximum Gasteiger partial charge on any atom is 0.228 e. The number of carbonyl (C=O) groups is 1. The molecule has 100 valence electrons. The molecule has 0 aliphatic carbocycles. The summed E-state index contributed by atoms with van der Waals surface area (Å²) in [5.41, 5.74) is 0.574. The van der Waals surface area contributed by atoms with Gasteiger partial charge in [0.05, 0.1) is 23.6 Å². The molecule has 1 atom stereocenters. The first-order valence-electron chi connectivity index (χ1n) is 5.76. The Labute approximate surface area is 106 Å². The van der Waals surface area contributed by atoms with E-state index in [9.17, 15) is 13.2 Å². The van der Waals surface area contributed by atoms with Gasteiger partial charge in [-0.1, -0.05) is 5.16 Å². The van der Waals surface area contributed by atoms with Crippen LogP contribution in [0.1, 0.15) is 17.9 Å². The Morgan fingerprint density at radius 2 is 2.33 bits per heavy atom. The van der Waals surface area contributed by atoms with Crippen LogP contribution in [-0.4, -0.2) is 49.0 Å². The SMILES string of the molecule is Cc1cc(CC(=O)N(C)C2CCS(=O)(=O)C2)no1. The zero-order valence-electron chi connectivity index (χ0n) is 10.4. The van der Waals surface area contributed by atoms with Crippen molar-refractivity contribution >= 4 is 15.7 Å². The molecule has 1 aromatic heterocycles. The summed E-state index contributed by atoms with van der Waals surface area (Å²) in [4.78, 5) is 13.5. The second kappa shape index (κ2) is 4.72. The van der Waals surface area contributed by atoms with Crippen molar-refractivity contribution in [3.05, 3.63) is 17.5 Å². The van der Waals surface area contributed by atoms with E-state index < -0.39 is 9.84 Å². The number of hydrogen-bond acceptors (Lipinski definition) is 5. The Morgan fingerprint density at radius 1 is 1.61 bits per heavy atom. The predicted molar refractivity (Wildman–Crippen MR) is 64.8 cm³/mol. The summed E-state index contributed by atoms with van der Waals surface area (Å²) >= 11 is 0. The van der Waals surface area contributed by atoms with Crippen LogP contribution >= 0.6 is 0 Å². The van der Waals surface area contributed by atoms with Crippen LogP contribution < -0.4 is 0 Å². The van der Waals surface area contributed by atoms with Crippen LogP contribution in [0.3, 0.4) is 0 Å². The van der Waals surface area contributed by atoms with Gasteiger partial charge >= 0.3 is 0 Å². The van der Waals surface area contributed by atoms with Crippen LogP contribution in [0.4, 0.5) is 0 Å². The summed E-state index contributed by atoms with van der Waals surface area (Å²) in [6.45, 7) is 1.76. The van der Waals surface area contributed by atoms with E-state index in [-0.39, 0.29) is 29.9 Å². The Hall–Kier alpha value is -1.37. The molecule has 0 N–H and O–H groups in total. The molecular weight excluding hydrogens is 256 g/mol. The Kier molecular flexibility index (Phi) is 3.43. The van der Waals surface area contributed by atoms with Crippen LogP contribution in [0.25, 0.3) is 0 Å². The largest absolute Gasteiger partial charge is 0.361 e. The molecule has 0 aromatic carbocycles. The molecule has 0 bridgehead atoms. The smallest absolute Gasteiger partial charge is 0.228 e. The van der Waals surface area contributed by atoms with Crippen molar-refractivity contribution in [1.29, 1.82) is 0 Å². The fourth-order valence-corrected chi connectivity index (χ4v) is 3.84. The van der Waals surface area contributed by atoms with E-state index in [2.05, 4.69) is 5.16 Å². The van der Waals surface area contributed by atoms with Gasteiger partial charge in [-0.2, -0.15) is 0 Å². The van der Waals surface area contributed by atoms with Crippen molar-refractivity contribution in [2.75, 3.05) is 18.6 Å². The number of sulfone groups is 1. The van der Waals surface area contributed by atoms with E-state index in [0.717, 1.165) is 0 Å². The summed E-state index contributed by atoms with van der Waals surface area (Å²) in [5, 5.41) is 3.75. The molecule has 0 saturated carbocycles. The highest BCUT2D eigenvalue weighted by Gasteiger charge is 2.32. The summed E-state index contributed by atoms with van der Waals surface area (Å²) < 4.78 is 27.6. The number of aromatic nitrogens is 1. The fourth-order valence-electron chi connectivity index (χ4n) is 2.07. The van der Waals surface area contributed by atoms with Gasteiger partial charge in [-0.05, 0) is 13.3 Å². The van der Waals surface area contributed by atoms with Gasteiger partial charge in [-0.15, -0.1) is 0 Å². The Morgan fingerprint density at radius 3 is 2.83 bits per heavy atom. The Balaban J connectivity index is 1.97. The normalized spacial score (nSPS) is 22.0.